The lowest BCUT2D eigenvalue weighted by molar-refractivity contribution is 0.107. The Bertz CT molecular complexity index is 260. The Morgan fingerprint density at radius 3 is 2.00 bits per heavy atom. The van der Waals surface area contributed by atoms with Gasteiger partial charge in [0.2, 0.25) is 0 Å². The molecule has 19 heavy (non-hydrogen) atoms. The molecular weight excluding hydrogens is 256 g/mol. The molecule has 1 aromatic carbocycles. The van der Waals surface area contributed by atoms with E-state index >= 15 is 0 Å². The second-order valence-corrected chi connectivity index (χ2v) is 4.20. The van der Waals surface area contributed by atoms with Crippen molar-refractivity contribution in [1.82, 2.24) is 0 Å². The Kier molecular flexibility index (Phi) is 19.1. The molecule has 0 aliphatic heterocycles. The van der Waals surface area contributed by atoms with Crippen LogP contribution in [0.2, 0.25) is 0 Å². The first-order valence-corrected chi connectivity index (χ1v) is 8.01. The largest absolute Gasteiger partial charge is 0.379 e. The molecule has 1 aromatic rings. The van der Waals surface area contributed by atoms with Crippen LogP contribution >= 0.6 is 12.0 Å². The van der Waals surface area contributed by atoms with Gasteiger partial charge < -0.3 is 8.92 Å². The van der Waals surface area contributed by atoms with Crippen LogP contribution in [0.1, 0.15) is 46.6 Å². The molecule has 3 heteroatoms. The molecule has 0 atom stereocenters. The maximum atomic E-state index is 5.40. The zero-order valence-electron chi connectivity index (χ0n) is 13.4. The third-order valence-corrected chi connectivity index (χ3v) is 2.58. The van der Waals surface area contributed by atoms with Crippen LogP contribution in [0.5, 0.6) is 0 Å². The first kappa shape index (κ1) is 20.8. The van der Waals surface area contributed by atoms with Gasteiger partial charge in [0.25, 0.3) is 0 Å². The van der Waals surface area contributed by atoms with E-state index in [1.54, 1.807) is 0 Å². The highest BCUT2D eigenvalue weighted by molar-refractivity contribution is 7.94. The highest BCUT2D eigenvalue weighted by Gasteiger charge is 1.94. The normalized spacial score (nSPS) is 8.95. The van der Waals surface area contributed by atoms with Crippen LogP contribution in [0, 0.1) is 6.92 Å². The van der Waals surface area contributed by atoms with E-state index in [1.165, 1.54) is 17.6 Å². The molecule has 0 aliphatic carbocycles. The van der Waals surface area contributed by atoms with Gasteiger partial charge in [-0.15, -0.1) is 0 Å². The van der Waals surface area contributed by atoms with Gasteiger partial charge in [0.1, 0.15) is 0 Å². The Labute approximate surface area is 124 Å². The summed E-state index contributed by atoms with van der Waals surface area (Å²) in [7, 11) is 0. The van der Waals surface area contributed by atoms with E-state index in [-0.39, 0.29) is 0 Å². The highest BCUT2D eigenvalue weighted by atomic mass is 32.2. The summed E-state index contributed by atoms with van der Waals surface area (Å²) < 4.78 is 10.7. The van der Waals surface area contributed by atoms with Crippen molar-refractivity contribution in [2.24, 2.45) is 0 Å². The van der Waals surface area contributed by atoms with Crippen molar-refractivity contribution in [1.29, 1.82) is 0 Å². The molecule has 0 aromatic heterocycles. The van der Waals surface area contributed by atoms with Crippen molar-refractivity contribution in [3.63, 3.8) is 0 Å². The predicted octanol–water partition coefficient (Wildman–Crippen LogP) is 5.50. The summed E-state index contributed by atoms with van der Waals surface area (Å²) in [5.74, 6) is 0. The van der Waals surface area contributed by atoms with Crippen LogP contribution < -0.4 is 0 Å². The minimum atomic E-state index is 0.637. The van der Waals surface area contributed by atoms with Gasteiger partial charge in [-0.3, -0.25) is 0 Å². The lowest BCUT2D eigenvalue weighted by Crippen LogP contribution is -2.01. The molecule has 0 N–H and O–H groups in total. The van der Waals surface area contributed by atoms with Crippen molar-refractivity contribution in [2.75, 3.05) is 19.8 Å². The smallest absolute Gasteiger partial charge is 0.0852 e. The van der Waals surface area contributed by atoms with Crippen LogP contribution in [0.25, 0.3) is 0 Å². The summed E-state index contributed by atoms with van der Waals surface area (Å²) in [6, 6.07) is 8.29. The Morgan fingerprint density at radius 2 is 1.47 bits per heavy atom. The molecule has 112 valence electrons. The summed E-state index contributed by atoms with van der Waals surface area (Å²) >= 11 is 1.41. The molecule has 0 radical (unpaired) electrons. The van der Waals surface area contributed by atoms with Crippen LogP contribution in [0.4, 0.5) is 0 Å². The standard InChI is InChI=1S/C12H18O2S.2C2H6/c1-3-8-13-9-10-14-15-12-6-4-11(2)5-7-12;2*1-2/h4-7H,3,8-10H2,1-2H3;2*1-2H3. The zero-order chi connectivity index (χ0) is 14.9. The summed E-state index contributed by atoms with van der Waals surface area (Å²) in [6.07, 6.45) is 1.06. The molecule has 0 heterocycles. The van der Waals surface area contributed by atoms with Crippen molar-refractivity contribution < 1.29 is 8.92 Å². The summed E-state index contributed by atoms with van der Waals surface area (Å²) in [4.78, 5) is 1.14. The van der Waals surface area contributed by atoms with E-state index in [0.717, 1.165) is 17.9 Å². The van der Waals surface area contributed by atoms with Gasteiger partial charge in [0.15, 0.2) is 0 Å². The second-order valence-electron chi connectivity index (χ2n) is 3.33. The maximum absolute atomic E-state index is 5.40. The molecule has 0 aliphatic rings. The molecule has 0 fully saturated rings. The lowest BCUT2D eigenvalue weighted by Gasteiger charge is -2.03. The number of benzene rings is 1. The minimum Gasteiger partial charge on any atom is -0.379 e. The van der Waals surface area contributed by atoms with E-state index in [0.29, 0.717) is 13.2 Å². The fraction of sp³-hybridized carbons (Fsp3) is 0.625. The van der Waals surface area contributed by atoms with E-state index < -0.39 is 0 Å². The van der Waals surface area contributed by atoms with Crippen molar-refractivity contribution >= 4 is 12.0 Å². The molecular formula is C16H30O2S. The molecule has 0 bridgehead atoms. The monoisotopic (exact) mass is 286 g/mol. The third kappa shape index (κ3) is 13.7. The zero-order valence-corrected chi connectivity index (χ0v) is 14.2. The summed E-state index contributed by atoms with van der Waals surface area (Å²) in [6.45, 7) is 14.3. The van der Waals surface area contributed by atoms with Crippen LogP contribution in [0.3, 0.4) is 0 Å². The average molecular weight is 286 g/mol. The van der Waals surface area contributed by atoms with E-state index in [2.05, 4.69) is 38.1 Å². The van der Waals surface area contributed by atoms with Crippen LogP contribution in [-0.4, -0.2) is 19.8 Å². The van der Waals surface area contributed by atoms with Crippen molar-refractivity contribution in [3.05, 3.63) is 29.8 Å². The first-order valence-electron chi connectivity index (χ1n) is 7.27. The quantitative estimate of drug-likeness (QED) is 0.487. The Morgan fingerprint density at radius 1 is 0.895 bits per heavy atom. The summed E-state index contributed by atoms with van der Waals surface area (Å²) in [5, 5.41) is 0. The highest BCUT2D eigenvalue weighted by Crippen LogP contribution is 2.18. The summed E-state index contributed by atoms with van der Waals surface area (Å²) in [5.41, 5.74) is 1.27. The molecule has 0 saturated heterocycles. The minimum absolute atomic E-state index is 0.637. The topological polar surface area (TPSA) is 18.5 Å². The van der Waals surface area contributed by atoms with Crippen LogP contribution in [0.15, 0.2) is 29.2 Å². The fourth-order valence-corrected chi connectivity index (χ4v) is 1.58. The fourth-order valence-electron chi connectivity index (χ4n) is 1.04. The van der Waals surface area contributed by atoms with Gasteiger partial charge in [-0.2, -0.15) is 0 Å². The third-order valence-electron chi connectivity index (χ3n) is 1.84. The average Bonchev–Trinajstić information content (AvgIpc) is 2.49. The maximum Gasteiger partial charge on any atom is 0.0852 e. The molecule has 0 spiro atoms. The van der Waals surface area contributed by atoms with Gasteiger partial charge in [-0.1, -0.05) is 52.3 Å². The van der Waals surface area contributed by atoms with Gasteiger partial charge >= 0.3 is 0 Å². The van der Waals surface area contributed by atoms with Gasteiger partial charge in [0.05, 0.1) is 13.2 Å². The predicted molar refractivity (Wildman–Crippen MR) is 86.8 cm³/mol. The number of rotatable bonds is 7. The Balaban J connectivity index is 0. The molecule has 0 amide bonds. The number of hydrogen-bond donors (Lipinski definition) is 0. The van der Waals surface area contributed by atoms with E-state index in [4.69, 9.17) is 8.92 Å². The second kappa shape index (κ2) is 17.5. The molecule has 0 unspecified atom stereocenters. The first-order chi connectivity index (χ1) is 9.33. The molecule has 1 rings (SSSR count). The van der Waals surface area contributed by atoms with Gasteiger partial charge in [0, 0.05) is 23.5 Å². The number of hydrogen-bond acceptors (Lipinski definition) is 3. The van der Waals surface area contributed by atoms with E-state index in [9.17, 15) is 0 Å². The van der Waals surface area contributed by atoms with Gasteiger partial charge in [-0.05, 0) is 25.5 Å². The van der Waals surface area contributed by atoms with Crippen molar-refractivity contribution in [3.8, 4) is 0 Å². The lowest BCUT2D eigenvalue weighted by atomic mass is 10.2. The SMILES string of the molecule is CC.CC.CCCOCCOSc1ccc(C)cc1. The van der Waals surface area contributed by atoms with Crippen molar-refractivity contribution in [2.45, 2.75) is 52.9 Å². The van der Waals surface area contributed by atoms with Gasteiger partial charge in [-0.25, -0.2) is 0 Å². The molecule has 2 nitrogen and oxygen atoms in total. The number of aryl methyl sites for hydroxylation is 1. The van der Waals surface area contributed by atoms with Crippen LogP contribution in [-0.2, 0) is 8.92 Å². The Hall–Kier alpha value is -0.510. The van der Waals surface area contributed by atoms with E-state index in [1.807, 2.05) is 27.7 Å². The molecule has 0 saturated carbocycles. The number of ether oxygens (including phenoxy) is 1.